The normalized spacial score (nSPS) is 10.3. The summed E-state index contributed by atoms with van der Waals surface area (Å²) in [6, 6.07) is 9.74. The van der Waals surface area contributed by atoms with Crippen LogP contribution in [0.1, 0.15) is 32.6 Å². The minimum atomic E-state index is 0.345. The Bertz CT molecular complexity index is 640. The number of carbonyl (C=O) groups excluding carboxylic acids is 1. The molecule has 0 unspecified atom stereocenters. The van der Waals surface area contributed by atoms with Gasteiger partial charge >= 0.3 is 0 Å². The van der Waals surface area contributed by atoms with Crippen molar-refractivity contribution in [1.82, 2.24) is 0 Å². The van der Waals surface area contributed by atoms with Crippen molar-refractivity contribution in [2.24, 2.45) is 0 Å². The Balaban J connectivity index is 2.31. The van der Waals surface area contributed by atoms with E-state index in [1.165, 1.54) is 0 Å². The zero-order chi connectivity index (χ0) is 15.4. The maximum absolute atomic E-state index is 11.3. The summed E-state index contributed by atoms with van der Waals surface area (Å²) in [4.78, 5) is 11.3. The molecule has 110 valence electrons. The molecule has 0 aliphatic heterocycles. The molecule has 0 saturated carbocycles. The molecule has 0 aromatic heterocycles. The minimum Gasteiger partial charge on any atom is -0.497 e. The Hall–Kier alpha value is -2.29. The summed E-state index contributed by atoms with van der Waals surface area (Å²) in [5, 5.41) is 0. The van der Waals surface area contributed by atoms with Crippen LogP contribution in [-0.2, 0) is 6.61 Å². The SMILES string of the molecule is COc1cc(C)c(C=O)c(COc2c(C)cccc2C)c1. The highest BCUT2D eigenvalue weighted by Crippen LogP contribution is 2.26. The second-order valence-corrected chi connectivity index (χ2v) is 5.14. The predicted molar refractivity (Wildman–Crippen MR) is 83.4 cm³/mol. The zero-order valence-corrected chi connectivity index (χ0v) is 12.9. The van der Waals surface area contributed by atoms with Crippen molar-refractivity contribution >= 4 is 6.29 Å². The van der Waals surface area contributed by atoms with Gasteiger partial charge in [0.15, 0.2) is 6.29 Å². The van der Waals surface area contributed by atoms with E-state index in [4.69, 9.17) is 9.47 Å². The van der Waals surface area contributed by atoms with Crippen LogP contribution in [0.2, 0.25) is 0 Å². The maximum Gasteiger partial charge on any atom is 0.150 e. The van der Waals surface area contributed by atoms with E-state index >= 15 is 0 Å². The van der Waals surface area contributed by atoms with Gasteiger partial charge in [0, 0.05) is 11.1 Å². The molecule has 2 aromatic carbocycles. The molecule has 0 amide bonds. The van der Waals surface area contributed by atoms with Crippen molar-refractivity contribution in [3.63, 3.8) is 0 Å². The molecule has 3 nitrogen and oxygen atoms in total. The number of rotatable bonds is 5. The highest BCUT2D eigenvalue weighted by molar-refractivity contribution is 5.80. The molecule has 0 saturated heterocycles. The molecule has 0 fully saturated rings. The molecule has 0 N–H and O–H groups in total. The summed E-state index contributed by atoms with van der Waals surface area (Å²) in [6.07, 6.45) is 0.873. The highest BCUT2D eigenvalue weighted by atomic mass is 16.5. The highest BCUT2D eigenvalue weighted by Gasteiger charge is 2.10. The fourth-order valence-corrected chi connectivity index (χ4v) is 2.42. The van der Waals surface area contributed by atoms with Crippen LogP contribution in [0.4, 0.5) is 0 Å². The van der Waals surface area contributed by atoms with E-state index < -0.39 is 0 Å². The van der Waals surface area contributed by atoms with Gasteiger partial charge in [-0.05, 0) is 49.6 Å². The van der Waals surface area contributed by atoms with Crippen molar-refractivity contribution in [2.45, 2.75) is 27.4 Å². The minimum absolute atomic E-state index is 0.345. The third-order valence-electron chi connectivity index (χ3n) is 3.58. The van der Waals surface area contributed by atoms with Gasteiger partial charge in [0.05, 0.1) is 7.11 Å². The molecule has 0 atom stereocenters. The molecule has 0 aliphatic carbocycles. The van der Waals surface area contributed by atoms with Crippen LogP contribution in [0.15, 0.2) is 30.3 Å². The number of aldehydes is 1. The van der Waals surface area contributed by atoms with E-state index in [0.717, 1.165) is 40.0 Å². The van der Waals surface area contributed by atoms with Crippen LogP contribution in [-0.4, -0.2) is 13.4 Å². The van der Waals surface area contributed by atoms with Crippen molar-refractivity contribution in [3.05, 3.63) is 58.1 Å². The molecule has 0 bridgehead atoms. The van der Waals surface area contributed by atoms with Crippen molar-refractivity contribution in [1.29, 1.82) is 0 Å². The fourth-order valence-electron chi connectivity index (χ4n) is 2.42. The van der Waals surface area contributed by atoms with E-state index in [0.29, 0.717) is 12.2 Å². The average molecular weight is 284 g/mol. The zero-order valence-electron chi connectivity index (χ0n) is 12.9. The summed E-state index contributed by atoms with van der Waals surface area (Å²) in [6.45, 7) is 6.27. The largest absolute Gasteiger partial charge is 0.497 e. The van der Waals surface area contributed by atoms with Crippen LogP contribution in [0, 0.1) is 20.8 Å². The van der Waals surface area contributed by atoms with Crippen LogP contribution in [0.3, 0.4) is 0 Å². The summed E-state index contributed by atoms with van der Waals surface area (Å²) in [5.41, 5.74) is 4.57. The van der Waals surface area contributed by atoms with Gasteiger partial charge in [0.1, 0.15) is 18.1 Å². The topological polar surface area (TPSA) is 35.5 Å². The maximum atomic E-state index is 11.3. The van der Waals surface area contributed by atoms with Crippen molar-refractivity contribution in [2.75, 3.05) is 7.11 Å². The number of hydrogen-bond donors (Lipinski definition) is 0. The van der Waals surface area contributed by atoms with Gasteiger partial charge in [-0.15, -0.1) is 0 Å². The second-order valence-electron chi connectivity index (χ2n) is 5.14. The lowest BCUT2D eigenvalue weighted by Crippen LogP contribution is -2.04. The lowest BCUT2D eigenvalue weighted by Gasteiger charge is -2.15. The Kier molecular flexibility index (Phi) is 4.63. The summed E-state index contributed by atoms with van der Waals surface area (Å²) < 4.78 is 11.2. The summed E-state index contributed by atoms with van der Waals surface area (Å²) in [5.74, 6) is 1.60. The number of methoxy groups -OCH3 is 1. The van der Waals surface area contributed by atoms with Crippen molar-refractivity contribution < 1.29 is 14.3 Å². The average Bonchev–Trinajstić information content (AvgIpc) is 2.46. The molecule has 21 heavy (non-hydrogen) atoms. The Morgan fingerprint density at radius 1 is 1.05 bits per heavy atom. The first-order valence-electron chi connectivity index (χ1n) is 6.88. The molecule has 3 heteroatoms. The van der Waals surface area contributed by atoms with Gasteiger partial charge in [-0.1, -0.05) is 18.2 Å². The monoisotopic (exact) mass is 284 g/mol. The van der Waals surface area contributed by atoms with E-state index in [1.807, 2.05) is 51.1 Å². The molecular formula is C18H20O3. The van der Waals surface area contributed by atoms with E-state index in [2.05, 4.69) is 0 Å². The summed E-state index contributed by atoms with van der Waals surface area (Å²) >= 11 is 0. The summed E-state index contributed by atoms with van der Waals surface area (Å²) in [7, 11) is 1.62. The van der Waals surface area contributed by atoms with Gasteiger partial charge in [-0.25, -0.2) is 0 Å². The first-order chi connectivity index (χ1) is 10.1. The quantitative estimate of drug-likeness (QED) is 0.778. The van der Waals surface area contributed by atoms with Gasteiger partial charge in [-0.2, -0.15) is 0 Å². The molecular weight excluding hydrogens is 264 g/mol. The molecule has 2 rings (SSSR count). The van der Waals surface area contributed by atoms with Crippen LogP contribution < -0.4 is 9.47 Å². The van der Waals surface area contributed by atoms with Gasteiger partial charge in [0.25, 0.3) is 0 Å². The number of benzene rings is 2. The Morgan fingerprint density at radius 3 is 2.29 bits per heavy atom. The smallest absolute Gasteiger partial charge is 0.150 e. The lowest BCUT2D eigenvalue weighted by molar-refractivity contribution is 0.112. The molecule has 0 spiro atoms. The first kappa shape index (κ1) is 15.1. The number of ether oxygens (including phenoxy) is 2. The van der Waals surface area contributed by atoms with Gasteiger partial charge in [-0.3, -0.25) is 4.79 Å². The molecule has 0 aliphatic rings. The third-order valence-corrected chi connectivity index (χ3v) is 3.58. The molecule has 0 radical (unpaired) electrons. The fraction of sp³-hybridized carbons (Fsp3) is 0.278. The number of aryl methyl sites for hydroxylation is 3. The Labute approximate surface area is 125 Å². The number of hydrogen-bond acceptors (Lipinski definition) is 3. The third kappa shape index (κ3) is 3.24. The van der Waals surface area contributed by atoms with Crippen molar-refractivity contribution in [3.8, 4) is 11.5 Å². The molecule has 2 aromatic rings. The first-order valence-corrected chi connectivity index (χ1v) is 6.88. The Morgan fingerprint density at radius 2 is 1.71 bits per heavy atom. The van der Waals surface area contributed by atoms with Crippen LogP contribution in [0.25, 0.3) is 0 Å². The predicted octanol–water partition coefficient (Wildman–Crippen LogP) is 4.01. The van der Waals surface area contributed by atoms with Crippen LogP contribution >= 0.6 is 0 Å². The van der Waals surface area contributed by atoms with E-state index in [-0.39, 0.29) is 0 Å². The standard InChI is InChI=1S/C18H20O3/c1-12-6-5-7-13(2)18(12)21-11-15-9-16(20-4)8-14(3)17(15)10-19/h5-10H,11H2,1-4H3. The van der Waals surface area contributed by atoms with E-state index in [1.54, 1.807) is 7.11 Å². The van der Waals surface area contributed by atoms with E-state index in [9.17, 15) is 4.79 Å². The second kappa shape index (κ2) is 6.44. The molecule has 0 heterocycles. The van der Waals surface area contributed by atoms with Gasteiger partial charge < -0.3 is 9.47 Å². The van der Waals surface area contributed by atoms with Crippen LogP contribution in [0.5, 0.6) is 11.5 Å². The number of carbonyl (C=O) groups is 1. The lowest BCUT2D eigenvalue weighted by atomic mass is 10.0. The number of para-hydroxylation sites is 1. The van der Waals surface area contributed by atoms with Gasteiger partial charge in [0.2, 0.25) is 0 Å².